The number of carbonyl (C=O) groups excluding carboxylic acids is 2. The molecule has 0 spiro atoms. The third-order valence-corrected chi connectivity index (χ3v) is 5.26. The molecule has 0 aliphatic rings. The van der Waals surface area contributed by atoms with Gasteiger partial charge in [-0.25, -0.2) is 0 Å². The van der Waals surface area contributed by atoms with Crippen molar-refractivity contribution in [2.45, 2.75) is 40.0 Å². The molecule has 0 atom stereocenters. The first-order valence-corrected chi connectivity index (χ1v) is 11.4. The second-order valence-electron chi connectivity index (χ2n) is 7.81. The van der Waals surface area contributed by atoms with E-state index in [0.29, 0.717) is 30.3 Å². The molecule has 1 amide bonds. The van der Waals surface area contributed by atoms with Crippen molar-refractivity contribution in [3.05, 3.63) is 89.0 Å². The predicted octanol–water partition coefficient (Wildman–Crippen LogP) is 5.98. The Hall–Kier alpha value is -3.60. The van der Waals surface area contributed by atoms with Crippen LogP contribution in [0, 0.1) is 6.92 Å². The highest BCUT2D eigenvalue weighted by Gasteiger charge is 2.16. The van der Waals surface area contributed by atoms with Crippen molar-refractivity contribution in [2.24, 2.45) is 0 Å². The summed E-state index contributed by atoms with van der Waals surface area (Å²) in [5, 5.41) is 2.88. The minimum atomic E-state index is -0.187. The molecule has 0 heterocycles. The summed E-state index contributed by atoms with van der Waals surface area (Å²) in [4.78, 5) is 25.2. The predicted molar refractivity (Wildman–Crippen MR) is 131 cm³/mol. The smallest absolute Gasteiger partial charge is 0.224 e. The quantitative estimate of drug-likeness (QED) is 0.369. The van der Waals surface area contributed by atoms with Gasteiger partial charge >= 0.3 is 0 Å². The molecule has 0 saturated carbocycles. The number of hydrogen-bond acceptors (Lipinski definition) is 4. The maximum absolute atomic E-state index is 12.8. The number of ketones is 1. The fourth-order valence-electron chi connectivity index (χ4n) is 3.62. The summed E-state index contributed by atoms with van der Waals surface area (Å²) in [5.41, 5.74) is 4.50. The molecular weight excluding hydrogens is 414 g/mol. The van der Waals surface area contributed by atoms with Crippen molar-refractivity contribution in [2.75, 3.05) is 18.5 Å². The molecule has 0 fully saturated rings. The maximum Gasteiger partial charge on any atom is 0.224 e. The number of amides is 1. The number of benzene rings is 3. The molecule has 172 valence electrons. The van der Waals surface area contributed by atoms with E-state index in [1.54, 1.807) is 6.07 Å². The Balaban J connectivity index is 1.56. The SMILES string of the molecule is CCOc1cc(C)c(C(=O)CCC(=O)Nc2ccc(Cc3ccccc3)cc2)cc1OCC. The zero-order chi connectivity index (χ0) is 23.6. The lowest BCUT2D eigenvalue weighted by atomic mass is 10.0. The molecule has 33 heavy (non-hydrogen) atoms. The molecule has 0 aromatic heterocycles. The van der Waals surface area contributed by atoms with Gasteiger partial charge in [0.2, 0.25) is 5.91 Å². The Morgan fingerprint density at radius 2 is 1.39 bits per heavy atom. The van der Waals surface area contributed by atoms with E-state index in [9.17, 15) is 9.59 Å². The lowest BCUT2D eigenvalue weighted by Crippen LogP contribution is -2.14. The molecule has 0 aliphatic heterocycles. The van der Waals surface area contributed by atoms with E-state index >= 15 is 0 Å². The Morgan fingerprint density at radius 1 is 0.788 bits per heavy atom. The van der Waals surface area contributed by atoms with E-state index in [1.165, 1.54) is 11.1 Å². The monoisotopic (exact) mass is 445 g/mol. The van der Waals surface area contributed by atoms with Crippen molar-refractivity contribution >= 4 is 17.4 Å². The summed E-state index contributed by atoms with van der Waals surface area (Å²) in [6, 6.07) is 21.6. The van der Waals surface area contributed by atoms with Crippen LogP contribution < -0.4 is 14.8 Å². The number of aryl methyl sites for hydroxylation is 1. The minimum absolute atomic E-state index is 0.0927. The summed E-state index contributed by atoms with van der Waals surface area (Å²) >= 11 is 0. The summed E-state index contributed by atoms with van der Waals surface area (Å²) in [5.74, 6) is 0.896. The molecule has 0 saturated heterocycles. The molecule has 5 nitrogen and oxygen atoms in total. The van der Waals surface area contributed by atoms with Crippen LogP contribution in [0.25, 0.3) is 0 Å². The maximum atomic E-state index is 12.8. The van der Waals surface area contributed by atoms with Crippen molar-refractivity contribution in [3.63, 3.8) is 0 Å². The van der Waals surface area contributed by atoms with E-state index in [-0.39, 0.29) is 24.5 Å². The molecule has 5 heteroatoms. The number of rotatable bonds is 11. The van der Waals surface area contributed by atoms with Gasteiger partial charge in [0.15, 0.2) is 17.3 Å². The van der Waals surface area contributed by atoms with Gasteiger partial charge in [0.1, 0.15) is 0 Å². The Kier molecular flexibility index (Phi) is 8.64. The number of hydrogen-bond donors (Lipinski definition) is 1. The molecule has 0 bridgehead atoms. The number of nitrogens with one attached hydrogen (secondary N) is 1. The lowest BCUT2D eigenvalue weighted by molar-refractivity contribution is -0.116. The fourth-order valence-corrected chi connectivity index (χ4v) is 3.62. The van der Waals surface area contributed by atoms with Gasteiger partial charge in [0.05, 0.1) is 13.2 Å². The van der Waals surface area contributed by atoms with E-state index in [0.717, 1.165) is 17.7 Å². The van der Waals surface area contributed by atoms with E-state index in [2.05, 4.69) is 17.4 Å². The van der Waals surface area contributed by atoms with Gasteiger partial charge in [-0.1, -0.05) is 42.5 Å². The minimum Gasteiger partial charge on any atom is -0.490 e. The van der Waals surface area contributed by atoms with Crippen LogP contribution in [0.1, 0.15) is 53.7 Å². The van der Waals surface area contributed by atoms with Crippen LogP contribution in [-0.4, -0.2) is 24.9 Å². The van der Waals surface area contributed by atoms with Crippen LogP contribution in [0.5, 0.6) is 11.5 Å². The van der Waals surface area contributed by atoms with Crippen LogP contribution in [0.3, 0.4) is 0 Å². The average molecular weight is 446 g/mol. The largest absolute Gasteiger partial charge is 0.490 e. The molecule has 3 aromatic carbocycles. The molecule has 0 unspecified atom stereocenters. The summed E-state index contributed by atoms with van der Waals surface area (Å²) in [7, 11) is 0. The second kappa shape index (κ2) is 11.9. The standard InChI is InChI=1S/C28H31NO4/c1-4-32-26-17-20(3)24(19-27(26)33-5-2)25(30)15-16-28(31)29-23-13-11-22(12-14-23)18-21-9-7-6-8-10-21/h6-14,17,19H,4-5,15-16,18H2,1-3H3,(H,29,31). The summed E-state index contributed by atoms with van der Waals surface area (Å²) in [6.45, 7) is 6.64. The van der Waals surface area contributed by atoms with Gasteiger partial charge in [0.25, 0.3) is 0 Å². The van der Waals surface area contributed by atoms with Crippen molar-refractivity contribution in [1.82, 2.24) is 0 Å². The highest BCUT2D eigenvalue weighted by molar-refractivity contribution is 6.01. The molecular formula is C28H31NO4. The topological polar surface area (TPSA) is 64.6 Å². The van der Waals surface area contributed by atoms with Crippen molar-refractivity contribution < 1.29 is 19.1 Å². The van der Waals surface area contributed by atoms with Crippen LogP contribution in [0.4, 0.5) is 5.69 Å². The Labute approximate surface area is 195 Å². The Bertz CT molecular complexity index is 1080. The molecule has 3 aromatic rings. The lowest BCUT2D eigenvalue weighted by Gasteiger charge is -2.14. The number of ether oxygens (including phenoxy) is 2. The van der Waals surface area contributed by atoms with Crippen LogP contribution in [0.15, 0.2) is 66.7 Å². The molecule has 0 radical (unpaired) electrons. The first-order chi connectivity index (χ1) is 16.0. The van der Waals surface area contributed by atoms with Crippen molar-refractivity contribution in [1.29, 1.82) is 0 Å². The Morgan fingerprint density at radius 3 is 2.03 bits per heavy atom. The van der Waals surface area contributed by atoms with Crippen LogP contribution >= 0.6 is 0 Å². The first-order valence-electron chi connectivity index (χ1n) is 11.4. The van der Waals surface area contributed by atoms with E-state index in [4.69, 9.17) is 9.47 Å². The third kappa shape index (κ3) is 6.94. The van der Waals surface area contributed by atoms with Gasteiger partial charge in [0, 0.05) is 24.1 Å². The van der Waals surface area contributed by atoms with E-state index < -0.39 is 0 Å². The third-order valence-electron chi connectivity index (χ3n) is 5.26. The zero-order valence-corrected chi connectivity index (χ0v) is 19.5. The molecule has 3 rings (SSSR count). The van der Waals surface area contributed by atoms with Gasteiger partial charge in [-0.05, 0) is 68.1 Å². The van der Waals surface area contributed by atoms with Gasteiger partial charge in [-0.15, -0.1) is 0 Å². The van der Waals surface area contributed by atoms with Gasteiger partial charge < -0.3 is 14.8 Å². The zero-order valence-electron chi connectivity index (χ0n) is 19.5. The normalized spacial score (nSPS) is 10.5. The van der Waals surface area contributed by atoms with Crippen LogP contribution in [-0.2, 0) is 11.2 Å². The van der Waals surface area contributed by atoms with Crippen molar-refractivity contribution in [3.8, 4) is 11.5 Å². The second-order valence-corrected chi connectivity index (χ2v) is 7.81. The average Bonchev–Trinajstić information content (AvgIpc) is 2.81. The number of Topliss-reactive ketones (excluding diaryl/α,β-unsaturated/α-hetero) is 1. The van der Waals surface area contributed by atoms with Gasteiger partial charge in [-0.3, -0.25) is 9.59 Å². The molecule has 1 N–H and O–H groups in total. The van der Waals surface area contributed by atoms with Crippen LogP contribution in [0.2, 0.25) is 0 Å². The summed E-state index contributed by atoms with van der Waals surface area (Å²) < 4.78 is 11.2. The molecule has 0 aliphatic carbocycles. The first kappa shape index (κ1) is 24.1. The summed E-state index contributed by atoms with van der Waals surface area (Å²) in [6.07, 6.45) is 1.08. The highest BCUT2D eigenvalue weighted by Crippen LogP contribution is 2.31. The van der Waals surface area contributed by atoms with E-state index in [1.807, 2.05) is 69.3 Å². The van der Waals surface area contributed by atoms with Gasteiger partial charge in [-0.2, -0.15) is 0 Å². The fraction of sp³-hybridized carbons (Fsp3) is 0.286. The number of carbonyl (C=O) groups is 2. The number of anilines is 1. The highest BCUT2D eigenvalue weighted by atomic mass is 16.5.